The highest BCUT2D eigenvalue weighted by Gasteiger charge is 1.99. The number of nitrogens with one attached hydrogen (secondary N) is 1. The van der Waals surface area contributed by atoms with E-state index < -0.39 is 0 Å². The van der Waals surface area contributed by atoms with E-state index in [9.17, 15) is 0 Å². The molecule has 1 heterocycles. The zero-order valence-electron chi connectivity index (χ0n) is 10.4. The molecule has 0 aliphatic heterocycles. The Morgan fingerprint density at radius 2 is 2.22 bits per heavy atom. The van der Waals surface area contributed by atoms with Gasteiger partial charge >= 0.3 is 0 Å². The lowest BCUT2D eigenvalue weighted by molar-refractivity contribution is 0.414. The molecular weight excluding hydrogens is 226 g/mol. The number of hydrogen-bond donors (Lipinski definition) is 2. The molecule has 0 radical (unpaired) electrons. The molecule has 4 nitrogen and oxygen atoms in total. The topological polar surface area (TPSA) is 60.2 Å². The van der Waals surface area contributed by atoms with Crippen molar-refractivity contribution >= 4 is 11.4 Å². The van der Waals surface area contributed by atoms with E-state index in [0.717, 1.165) is 24.4 Å². The molecule has 0 bridgehead atoms. The summed E-state index contributed by atoms with van der Waals surface area (Å²) in [6.07, 6.45) is 4.29. The minimum Gasteiger partial charge on any atom is -0.497 e. The normalized spacial score (nSPS) is 10.1. The molecule has 2 rings (SSSR count). The molecule has 18 heavy (non-hydrogen) atoms. The molecule has 94 valence electrons. The van der Waals surface area contributed by atoms with E-state index in [0.29, 0.717) is 5.69 Å². The predicted molar refractivity (Wildman–Crippen MR) is 73.8 cm³/mol. The molecule has 0 aliphatic carbocycles. The highest BCUT2D eigenvalue weighted by molar-refractivity contribution is 5.64. The van der Waals surface area contributed by atoms with E-state index in [2.05, 4.69) is 16.4 Å². The summed E-state index contributed by atoms with van der Waals surface area (Å²) in [5, 5.41) is 3.29. The smallest absolute Gasteiger partial charge is 0.119 e. The van der Waals surface area contributed by atoms with E-state index in [-0.39, 0.29) is 0 Å². The number of ether oxygens (including phenoxy) is 1. The number of rotatable bonds is 5. The Morgan fingerprint density at radius 3 is 3.00 bits per heavy atom. The second-order valence-electron chi connectivity index (χ2n) is 3.99. The third kappa shape index (κ3) is 3.13. The number of nitrogen functional groups attached to an aromatic ring is 1. The Morgan fingerprint density at radius 1 is 1.33 bits per heavy atom. The summed E-state index contributed by atoms with van der Waals surface area (Å²) >= 11 is 0. The summed E-state index contributed by atoms with van der Waals surface area (Å²) in [6, 6.07) is 9.94. The number of hydrogen-bond acceptors (Lipinski definition) is 4. The Labute approximate surface area is 107 Å². The van der Waals surface area contributed by atoms with Crippen LogP contribution in [0.25, 0.3) is 0 Å². The lowest BCUT2D eigenvalue weighted by atomic mass is 10.1. The van der Waals surface area contributed by atoms with E-state index in [1.807, 2.05) is 24.3 Å². The van der Waals surface area contributed by atoms with Crippen LogP contribution in [0.2, 0.25) is 0 Å². The number of aromatic nitrogens is 1. The van der Waals surface area contributed by atoms with E-state index >= 15 is 0 Å². The third-order valence-corrected chi connectivity index (χ3v) is 2.72. The van der Waals surface area contributed by atoms with Crippen LogP contribution < -0.4 is 15.8 Å². The molecule has 0 saturated heterocycles. The van der Waals surface area contributed by atoms with Crippen molar-refractivity contribution in [2.75, 3.05) is 24.7 Å². The number of nitrogens with zero attached hydrogens (tertiary/aromatic N) is 1. The van der Waals surface area contributed by atoms with E-state index in [1.54, 1.807) is 19.5 Å². The quantitative estimate of drug-likeness (QED) is 0.846. The first-order valence-electron chi connectivity index (χ1n) is 5.86. The first kappa shape index (κ1) is 12.2. The van der Waals surface area contributed by atoms with Crippen LogP contribution in [-0.2, 0) is 6.42 Å². The van der Waals surface area contributed by atoms with Crippen LogP contribution in [0, 0.1) is 0 Å². The Bertz CT molecular complexity index is 514. The van der Waals surface area contributed by atoms with Gasteiger partial charge in [-0.3, -0.25) is 4.98 Å². The van der Waals surface area contributed by atoms with Gasteiger partial charge in [-0.1, -0.05) is 12.1 Å². The first-order chi connectivity index (χ1) is 8.79. The number of benzene rings is 1. The number of methoxy groups -OCH3 is 1. The summed E-state index contributed by atoms with van der Waals surface area (Å²) < 4.78 is 5.19. The van der Waals surface area contributed by atoms with Gasteiger partial charge in [0.2, 0.25) is 0 Å². The fourth-order valence-electron chi connectivity index (χ4n) is 1.74. The molecule has 0 spiro atoms. The number of nitrogens with two attached hydrogens (primary N) is 1. The Balaban J connectivity index is 1.90. The van der Waals surface area contributed by atoms with Crippen molar-refractivity contribution in [3.63, 3.8) is 0 Å². The van der Waals surface area contributed by atoms with Gasteiger partial charge in [0.15, 0.2) is 0 Å². The van der Waals surface area contributed by atoms with Gasteiger partial charge in [0.05, 0.1) is 24.7 Å². The van der Waals surface area contributed by atoms with Crippen LogP contribution in [-0.4, -0.2) is 18.6 Å². The molecule has 0 atom stereocenters. The highest BCUT2D eigenvalue weighted by Crippen LogP contribution is 2.16. The SMILES string of the molecule is COc1cccc(CCNc2ccncc2N)c1. The second-order valence-corrected chi connectivity index (χ2v) is 3.99. The predicted octanol–water partition coefficient (Wildman–Crippen LogP) is 2.33. The van der Waals surface area contributed by atoms with Crippen molar-refractivity contribution in [1.82, 2.24) is 4.98 Å². The fraction of sp³-hybridized carbons (Fsp3) is 0.214. The van der Waals surface area contributed by atoms with Crippen LogP contribution in [0.1, 0.15) is 5.56 Å². The standard InChI is InChI=1S/C14H17N3O/c1-18-12-4-2-3-11(9-12)5-8-17-14-6-7-16-10-13(14)15/h2-4,6-7,9-10H,5,8,15H2,1H3,(H,16,17). The zero-order valence-corrected chi connectivity index (χ0v) is 10.4. The van der Waals surface area contributed by atoms with Crippen LogP contribution in [0.3, 0.4) is 0 Å². The van der Waals surface area contributed by atoms with Gasteiger partial charge < -0.3 is 15.8 Å². The lowest BCUT2D eigenvalue weighted by Crippen LogP contribution is -2.07. The summed E-state index contributed by atoms with van der Waals surface area (Å²) in [5.74, 6) is 0.885. The Hall–Kier alpha value is -2.23. The number of anilines is 2. The number of pyridine rings is 1. The molecule has 0 aliphatic rings. The minimum absolute atomic E-state index is 0.670. The van der Waals surface area contributed by atoms with Gasteiger partial charge in [-0.2, -0.15) is 0 Å². The molecular formula is C14H17N3O. The maximum absolute atomic E-state index is 5.80. The maximum atomic E-state index is 5.80. The average molecular weight is 243 g/mol. The summed E-state index contributed by atoms with van der Waals surface area (Å²) in [7, 11) is 1.68. The van der Waals surface area contributed by atoms with Crippen molar-refractivity contribution in [2.45, 2.75) is 6.42 Å². The van der Waals surface area contributed by atoms with Gasteiger partial charge in [0, 0.05) is 12.7 Å². The summed E-state index contributed by atoms with van der Waals surface area (Å²) in [6.45, 7) is 0.821. The second kappa shape index (κ2) is 5.91. The van der Waals surface area contributed by atoms with Crippen LogP contribution in [0.5, 0.6) is 5.75 Å². The van der Waals surface area contributed by atoms with Crippen LogP contribution in [0.4, 0.5) is 11.4 Å². The van der Waals surface area contributed by atoms with Gasteiger partial charge in [0.1, 0.15) is 5.75 Å². The third-order valence-electron chi connectivity index (χ3n) is 2.72. The van der Waals surface area contributed by atoms with Crippen molar-refractivity contribution in [1.29, 1.82) is 0 Å². The molecule has 1 aromatic carbocycles. The van der Waals surface area contributed by atoms with Crippen molar-refractivity contribution in [3.05, 3.63) is 48.3 Å². The van der Waals surface area contributed by atoms with Gasteiger partial charge in [-0.05, 0) is 30.2 Å². The Kier molecular flexibility index (Phi) is 4.02. The van der Waals surface area contributed by atoms with Gasteiger partial charge in [-0.15, -0.1) is 0 Å². The molecule has 0 saturated carbocycles. The largest absolute Gasteiger partial charge is 0.497 e. The molecule has 0 fully saturated rings. The first-order valence-corrected chi connectivity index (χ1v) is 5.86. The fourth-order valence-corrected chi connectivity index (χ4v) is 1.74. The van der Waals surface area contributed by atoms with Gasteiger partial charge in [0.25, 0.3) is 0 Å². The zero-order chi connectivity index (χ0) is 12.8. The van der Waals surface area contributed by atoms with Gasteiger partial charge in [-0.25, -0.2) is 0 Å². The minimum atomic E-state index is 0.670. The summed E-state index contributed by atoms with van der Waals surface area (Å²) in [5.41, 5.74) is 8.63. The molecule has 0 amide bonds. The lowest BCUT2D eigenvalue weighted by Gasteiger charge is -2.09. The van der Waals surface area contributed by atoms with Crippen LogP contribution in [0.15, 0.2) is 42.7 Å². The summed E-state index contributed by atoms with van der Waals surface area (Å²) in [4.78, 5) is 3.95. The van der Waals surface area contributed by atoms with Crippen molar-refractivity contribution < 1.29 is 4.74 Å². The monoisotopic (exact) mass is 243 g/mol. The molecule has 1 aromatic heterocycles. The molecule has 2 aromatic rings. The van der Waals surface area contributed by atoms with Crippen LogP contribution >= 0.6 is 0 Å². The molecule has 0 unspecified atom stereocenters. The van der Waals surface area contributed by atoms with E-state index in [4.69, 9.17) is 10.5 Å². The maximum Gasteiger partial charge on any atom is 0.119 e. The average Bonchev–Trinajstić information content (AvgIpc) is 2.41. The van der Waals surface area contributed by atoms with Crippen molar-refractivity contribution in [3.8, 4) is 5.75 Å². The van der Waals surface area contributed by atoms with Crippen molar-refractivity contribution in [2.24, 2.45) is 0 Å². The van der Waals surface area contributed by atoms with E-state index in [1.165, 1.54) is 5.56 Å². The molecule has 4 heteroatoms. The molecule has 3 N–H and O–H groups in total. The highest BCUT2D eigenvalue weighted by atomic mass is 16.5.